The van der Waals surface area contributed by atoms with Gasteiger partial charge in [-0.2, -0.15) is 18.3 Å². The summed E-state index contributed by atoms with van der Waals surface area (Å²) >= 11 is 0. The van der Waals surface area contributed by atoms with Crippen LogP contribution in [0.2, 0.25) is 0 Å². The van der Waals surface area contributed by atoms with Crippen molar-refractivity contribution in [1.29, 1.82) is 0 Å². The monoisotopic (exact) mass is 457 g/mol. The van der Waals surface area contributed by atoms with E-state index in [2.05, 4.69) is 20.4 Å². The molecule has 0 unspecified atom stereocenters. The molecule has 0 saturated carbocycles. The Hall–Kier alpha value is -3.63. The minimum absolute atomic E-state index is 0.152. The van der Waals surface area contributed by atoms with Crippen LogP contribution >= 0.6 is 0 Å². The Morgan fingerprint density at radius 2 is 1.97 bits per heavy atom. The molecule has 3 N–H and O–H groups in total. The highest BCUT2D eigenvalue weighted by atomic mass is 19.4. The van der Waals surface area contributed by atoms with Gasteiger partial charge in [-0.1, -0.05) is 0 Å². The topological polar surface area (TPSA) is 102 Å². The molecule has 2 aliphatic heterocycles. The number of amides is 2. The number of halogens is 3. The standard InChI is InChI=1S/C22H22F3N7O/c1-13(14-2-5-27-6-3-14)29-20(33)31-11-21(12-31)4-7-32-18(21)9-17(30-32)15-8-16(22(23,24)25)19(26)28-10-15/h2-3,5-6,8-10,13H,4,7,11-12H2,1H3,(H2,26,28)(H,29,33)/t13-/m0/s1. The van der Waals surface area contributed by atoms with E-state index in [0.717, 1.165) is 23.7 Å². The minimum atomic E-state index is -4.59. The highest BCUT2D eigenvalue weighted by molar-refractivity contribution is 5.76. The molecule has 172 valence electrons. The first kappa shape index (κ1) is 21.2. The van der Waals surface area contributed by atoms with Crippen molar-refractivity contribution in [2.24, 2.45) is 0 Å². The molecule has 5 rings (SSSR count). The number of hydrogen-bond acceptors (Lipinski definition) is 5. The van der Waals surface area contributed by atoms with Crippen molar-refractivity contribution in [2.45, 2.75) is 37.5 Å². The van der Waals surface area contributed by atoms with Crippen molar-refractivity contribution in [1.82, 2.24) is 30.0 Å². The van der Waals surface area contributed by atoms with Crippen LogP contribution in [0.5, 0.6) is 0 Å². The molecule has 8 nitrogen and oxygen atoms in total. The number of carbonyl (C=O) groups excluding carboxylic acids is 1. The summed E-state index contributed by atoms with van der Waals surface area (Å²) in [5.41, 5.74) is 6.76. The Labute approximate surface area is 187 Å². The number of nitrogens with two attached hydrogens (primary N) is 1. The molecule has 1 saturated heterocycles. The normalized spacial score (nSPS) is 17.5. The number of nitrogen functional groups attached to an aromatic ring is 1. The summed E-state index contributed by atoms with van der Waals surface area (Å²) in [6.45, 7) is 3.62. The molecule has 3 aromatic heterocycles. The quantitative estimate of drug-likeness (QED) is 0.628. The number of nitrogens with zero attached hydrogens (tertiary/aromatic N) is 5. The number of pyridine rings is 2. The van der Waals surface area contributed by atoms with E-state index in [1.165, 1.54) is 6.20 Å². The third-order valence-electron chi connectivity index (χ3n) is 6.47. The van der Waals surface area contributed by atoms with Gasteiger partial charge in [0.2, 0.25) is 0 Å². The number of aryl methyl sites for hydroxylation is 1. The predicted molar refractivity (Wildman–Crippen MR) is 114 cm³/mol. The number of rotatable bonds is 3. The van der Waals surface area contributed by atoms with E-state index in [1.807, 2.05) is 23.7 Å². The summed E-state index contributed by atoms with van der Waals surface area (Å²) in [4.78, 5) is 22.1. The van der Waals surface area contributed by atoms with Crippen molar-refractivity contribution in [3.63, 3.8) is 0 Å². The van der Waals surface area contributed by atoms with Gasteiger partial charge < -0.3 is 16.0 Å². The molecule has 2 amide bonds. The predicted octanol–water partition coefficient (Wildman–Crippen LogP) is 3.37. The van der Waals surface area contributed by atoms with Gasteiger partial charge in [-0.25, -0.2) is 9.78 Å². The molecule has 11 heteroatoms. The van der Waals surface area contributed by atoms with Gasteiger partial charge in [0.05, 0.1) is 17.3 Å². The molecule has 2 aliphatic rings. The van der Waals surface area contributed by atoms with Crippen molar-refractivity contribution >= 4 is 11.8 Å². The fourth-order valence-corrected chi connectivity index (χ4v) is 4.61. The SMILES string of the molecule is C[C@H](NC(=O)N1CC2(CCn3nc(-c4cnc(N)c(C(F)(F)F)c4)cc32)C1)c1ccncc1. The Morgan fingerprint density at radius 3 is 2.67 bits per heavy atom. The zero-order valence-corrected chi connectivity index (χ0v) is 17.8. The Bertz CT molecular complexity index is 1200. The highest BCUT2D eigenvalue weighted by Crippen LogP contribution is 2.44. The van der Waals surface area contributed by atoms with E-state index in [4.69, 9.17) is 5.73 Å². The van der Waals surface area contributed by atoms with Crippen LogP contribution in [0.4, 0.5) is 23.8 Å². The largest absolute Gasteiger partial charge is 0.419 e. The van der Waals surface area contributed by atoms with Crippen LogP contribution in [-0.2, 0) is 18.1 Å². The van der Waals surface area contributed by atoms with Crippen LogP contribution in [-0.4, -0.2) is 43.8 Å². The molecule has 1 atom stereocenters. The van der Waals surface area contributed by atoms with Crippen LogP contribution in [0.25, 0.3) is 11.3 Å². The summed E-state index contributed by atoms with van der Waals surface area (Å²) < 4.78 is 41.5. The summed E-state index contributed by atoms with van der Waals surface area (Å²) in [5, 5.41) is 7.49. The number of carbonyl (C=O) groups is 1. The number of anilines is 1. The lowest BCUT2D eigenvalue weighted by Crippen LogP contribution is -2.62. The second-order valence-corrected chi connectivity index (χ2v) is 8.63. The second kappa shape index (κ2) is 7.46. The van der Waals surface area contributed by atoms with Crippen LogP contribution in [0.1, 0.15) is 36.2 Å². The number of urea groups is 1. The molecule has 3 aromatic rings. The minimum Gasteiger partial charge on any atom is -0.383 e. The van der Waals surface area contributed by atoms with Gasteiger partial charge in [0.15, 0.2) is 0 Å². The first-order chi connectivity index (χ1) is 15.7. The lowest BCUT2D eigenvalue weighted by atomic mass is 9.76. The number of fused-ring (bicyclic) bond motifs is 2. The maximum Gasteiger partial charge on any atom is 0.419 e. The Kier molecular flexibility index (Phi) is 4.80. The van der Waals surface area contributed by atoms with Crippen LogP contribution in [0, 0.1) is 0 Å². The molecule has 0 bridgehead atoms. The molecular formula is C22H22F3N7O. The molecule has 0 aromatic carbocycles. The molecule has 1 fully saturated rings. The first-order valence-corrected chi connectivity index (χ1v) is 10.5. The van der Waals surface area contributed by atoms with Gasteiger partial charge in [-0.15, -0.1) is 0 Å². The summed E-state index contributed by atoms with van der Waals surface area (Å²) in [6, 6.07) is 6.19. The molecule has 0 radical (unpaired) electrons. The van der Waals surface area contributed by atoms with Crippen molar-refractivity contribution < 1.29 is 18.0 Å². The summed E-state index contributed by atoms with van der Waals surface area (Å²) in [7, 11) is 0. The summed E-state index contributed by atoms with van der Waals surface area (Å²) in [5.74, 6) is -0.559. The number of nitrogens with one attached hydrogen (secondary N) is 1. The zero-order valence-electron chi connectivity index (χ0n) is 17.8. The lowest BCUT2D eigenvalue weighted by Gasteiger charge is -2.47. The highest BCUT2D eigenvalue weighted by Gasteiger charge is 2.51. The fraction of sp³-hybridized carbons (Fsp3) is 0.364. The lowest BCUT2D eigenvalue weighted by molar-refractivity contribution is -0.137. The molecule has 1 spiro atoms. The van der Waals surface area contributed by atoms with Crippen molar-refractivity contribution in [3.8, 4) is 11.3 Å². The Morgan fingerprint density at radius 1 is 1.24 bits per heavy atom. The number of likely N-dealkylation sites (tertiary alicyclic amines) is 1. The van der Waals surface area contributed by atoms with Gasteiger partial charge in [0.1, 0.15) is 5.82 Å². The van der Waals surface area contributed by atoms with E-state index < -0.39 is 17.6 Å². The maximum atomic E-state index is 13.2. The van der Waals surface area contributed by atoms with E-state index in [-0.39, 0.29) is 23.1 Å². The van der Waals surface area contributed by atoms with Crippen molar-refractivity contribution in [3.05, 3.63) is 59.7 Å². The van der Waals surface area contributed by atoms with Crippen LogP contribution < -0.4 is 11.1 Å². The molecular weight excluding hydrogens is 435 g/mol. The van der Waals surface area contributed by atoms with Gasteiger partial charge in [-0.3, -0.25) is 9.67 Å². The third-order valence-corrected chi connectivity index (χ3v) is 6.47. The number of aromatic nitrogens is 4. The van der Waals surface area contributed by atoms with Gasteiger partial charge in [0, 0.05) is 54.9 Å². The smallest absolute Gasteiger partial charge is 0.383 e. The van der Waals surface area contributed by atoms with E-state index >= 15 is 0 Å². The van der Waals surface area contributed by atoms with E-state index in [1.54, 1.807) is 23.4 Å². The number of alkyl halides is 3. The van der Waals surface area contributed by atoms with Crippen molar-refractivity contribution in [2.75, 3.05) is 18.8 Å². The summed E-state index contributed by atoms with van der Waals surface area (Å²) in [6.07, 6.45) is 0.902. The second-order valence-electron chi connectivity index (χ2n) is 8.63. The average Bonchev–Trinajstić information content (AvgIpc) is 3.32. The van der Waals surface area contributed by atoms with Crippen LogP contribution in [0.3, 0.4) is 0 Å². The van der Waals surface area contributed by atoms with Gasteiger partial charge >= 0.3 is 12.2 Å². The Balaban J connectivity index is 1.31. The average molecular weight is 457 g/mol. The van der Waals surface area contributed by atoms with E-state index in [0.29, 0.717) is 25.3 Å². The molecule has 33 heavy (non-hydrogen) atoms. The first-order valence-electron chi connectivity index (χ1n) is 10.5. The molecule has 5 heterocycles. The van der Waals surface area contributed by atoms with Crippen LogP contribution in [0.15, 0.2) is 42.9 Å². The fourth-order valence-electron chi connectivity index (χ4n) is 4.61. The van der Waals surface area contributed by atoms with Gasteiger partial charge in [0.25, 0.3) is 0 Å². The molecule has 0 aliphatic carbocycles. The third kappa shape index (κ3) is 3.66. The number of hydrogen-bond donors (Lipinski definition) is 2. The van der Waals surface area contributed by atoms with Gasteiger partial charge in [-0.05, 0) is 43.2 Å². The maximum absolute atomic E-state index is 13.2. The zero-order chi connectivity index (χ0) is 23.4. The van der Waals surface area contributed by atoms with E-state index in [9.17, 15) is 18.0 Å².